The van der Waals surface area contributed by atoms with E-state index in [0.717, 1.165) is 5.92 Å². The Bertz CT molecular complexity index is 170. The molecule has 0 fully saturated rings. The lowest BCUT2D eigenvalue weighted by molar-refractivity contribution is 0.380. The van der Waals surface area contributed by atoms with Crippen molar-refractivity contribution in [2.75, 3.05) is 0 Å². The maximum absolute atomic E-state index is 4.38. The summed E-state index contributed by atoms with van der Waals surface area (Å²) in [7, 11) is 0. The summed E-state index contributed by atoms with van der Waals surface area (Å²) in [4.78, 5) is 0. The zero-order valence-corrected chi connectivity index (χ0v) is 6.03. The van der Waals surface area contributed by atoms with Crippen molar-refractivity contribution in [3.63, 3.8) is 0 Å². The molecule has 0 bridgehead atoms. The molecule has 1 nitrogen and oxygen atoms in total. The first kappa shape index (κ1) is 6.02. The van der Waals surface area contributed by atoms with E-state index in [1.165, 1.54) is 19.3 Å². The van der Waals surface area contributed by atoms with Crippen molar-refractivity contribution in [1.29, 1.82) is 0 Å². The Morgan fingerprint density at radius 3 is 3.20 bits per heavy atom. The third kappa shape index (κ3) is 0.962. The molecule has 1 heterocycles. The van der Waals surface area contributed by atoms with Gasteiger partial charge in [-0.25, -0.2) is 0 Å². The number of nitrogens with zero attached hydrogens (tertiary/aromatic N) is 1. The van der Waals surface area contributed by atoms with Crippen LogP contribution in [0.1, 0.15) is 19.3 Å². The summed E-state index contributed by atoms with van der Waals surface area (Å²) >= 11 is 0. The minimum Gasteiger partial charge on any atom is -0.286 e. The van der Waals surface area contributed by atoms with Crippen LogP contribution in [0.5, 0.6) is 0 Å². The van der Waals surface area contributed by atoms with Gasteiger partial charge in [-0.1, -0.05) is 18.2 Å². The molecule has 1 aliphatic heterocycles. The highest BCUT2D eigenvalue weighted by Crippen LogP contribution is 2.25. The van der Waals surface area contributed by atoms with E-state index in [1.54, 1.807) is 0 Å². The molecule has 0 spiro atoms. The van der Waals surface area contributed by atoms with Gasteiger partial charge in [0, 0.05) is 6.20 Å². The van der Waals surface area contributed by atoms with Crippen molar-refractivity contribution in [1.82, 2.24) is 5.32 Å². The van der Waals surface area contributed by atoms with Crippen molar-refractivity contribution in [2.24, 2.45) is 5.92 Å². The van der Waals surface area contributed by atoms with E-state index in [1.807, 2.05) is 6.20 Å². The molecule has 1 heteroatoms. The summed E-state index contributed by atoms with van der Waals surface area (Å²) in [6.45, 7) is 0. The van der Waals surface area contributed by atoms with Gasteiger partial charge in [-0.15, -0.1) is 0 Å². The van der Waals surface area contributed by atoms with Crippen LogP contribution in [0.4, 0.5) is 0 Å². The van der Waals surface area contributed by atoms with Crippen LogP contribution in [0.15, 0.2) is 24.4 Å². The molecule has 10 heavy (non-hydrogen) atoms. The van der Waals surface area contributed by atoms with E-state index in [-0.39, 0.29) is 0 Å². The van der Waals surface area contributed by atoms with E-state index in [9.17, 15) is 0 Å². The Labute approximate surface area is 61.8 Å². The maximum atomic E-state index is 4.38. The van der Waals surface area contributed by atoms with Crippen molar-refractivity contribution >= 4 is 0 Å². The minimum atomic E-state index is 0.513. The molecule has 0 saturated carbocycles. The van der Waals surface area contributed by atoms with Crippen molar-refractivity contribution in [3.05, 3.63) is 24.4 Å². The highest BCUT2D eigenvalue weighted by atomic mass is 14.9. The molecule has 0 saturated heterocycles. The Hall–Kier alpha value is -0.720. The molecule has 0 aromatic heterocycles. The van der Waals surface area contributed by atoms with Gasteiger partial charge >= 0.3 is 0 Å². The quantitative estimate of drug-likeness (QED) is 0.449. The number of hydrogen-bond donors (Lipinski definition) is 0. The third-order valence-electron chi connectivity index (χ3n) is 2.32. The first-order chi connectivity index (χ1) is 4.97. The molecule has 2 rings (SSSR count). The number of fused-ring (bicyclic) bond motifs is 1. The van der Waals surface area contributed by atoms with Crippen molar-refractivity contribution < 1.29 is 0 Å². The standard InChI is InChI=1S/C9H12N/c1-2-6-9-8(4-1)5-3-7-10-9/h2-3,6-9H,1,4-5H2. The van der Waals surface area contributed by atoms with Crippen LogP contribution in [0, 0.1) is 5.92 Å². The van der Waals surface area contributed by atoms with E-state index in [4.69, 9.17) is 0 Å². The molecule has 0 amide bonds. The lowest BCUT2D eigenvalue weighted by Crippen LogP contribution is -2.30. The topological polar surface area (TPSA) is 14.1 Å². The Balaban J connectivity index is 2.12. The number of allylic oxidation sites excluding steroid dienone is 2. The summed E-state index contributed by atoms with van der Waals surface area (Å²) < 4.78 is 0. The summed E-state index contributed by atoms with van der Waals surface area (Å²) in [6.07, 6.45) is 12.5. The SMILES string of the molecule is C1=CC2[N]C=CCC2CC1. The van der Waals surface area contributed by atoms with Gasteiger partial charge in [0.1, 0.15) is 0 Å². The lowest BCUT2D eigenvalue weighted by Gasteiger charge is -2.27. The first-order valence-electron chi connectivity index (χ1n) is 3.98. The molecule has 0 aromatic rings. The van der Waals surface area contributed by atoms with Crippen LogP contribution in [-0.2, 0) is 0 Å². The fraction of sp³-hybridized carbons (Fsp3) is 0.556. The summed E-state index contributed by atoms with van der Waals surface area (Å²) in [5.74, 6) is 0.815. The predicted octanol–water partition coefficient (Wildman–Crippen LogP) is 1.84. The molecule has 1 radical (unpaired) electrons. The molecular weight excluding hydrogens is 122 g/mol. The smallest absolute Gasteiger partial charge is 0.0710 e. The van der Waals surface area contributed by atoms with Crippen LogP contribution in [0.2, 0.25) is 0 Å². The van der Waals surface area contributed by atoms with Gasteiger partial charge in [0.15, 0.2) is 0 Å². The van der Waals surface area contributed by atoms with E-state index < -0.39 is 0 Å². The van der Waals surface area contributed by atoms with Crippen LogP contribution in [-0.4, -0.2) is 6.04 Å². The van der Waals surface area contributed by atoms with Crippen LogP contribution >= 0.6 is 0 Å². The van der Waals surface area contributed by atoms with E-state index >= 15 is 0 Å². The molecule has 2 atom stereocenters. The summed E-state index contributed by atoms with van der Waals surface area (Å²) in [6, 6.07) is 0.513. The number of hydrogen-bond acceptors (Lipinski definition) is 0. The molecule has 0 aromatic carbocycles. The lowest BCUT2D eigenvalue weighted by atomic mass is 9.85. The van der Waals surface area contributed by atoms with Gasteiger partial charge in [0.25, 0.3) is 0 Å². The fourth-order valence-electron chi connectivity index (χ4n) is 1.70. The highest BCUT2D eigenvalue weighted by molar-refractivity contribution is 5.08. The second-order valence-corrected chi connectivity index (χ2v) is 3.03. The molecule has 1 aliphatic carbocycles. The van der Waals surface area contributed by atoms with Crippen LogP contribution < -0.4 is 5.32 Å². The largest absolute Gasteiger partial charge is 0.286 e. The van der Waals surface area contributed by atoms with Gasteiger partial charge in [-0.2, -0.15) is 0 Å². The fourth-order valence-corrected chi connectivity index (χ4v) is 1.70. The van der Waals surface area contributed by atoms with Crippen LogP contribution in [0.25, 0.3) is 0 Å². The summed E-state index contributed by atoms with van der Waals surface area (Å²) in [5.41, 5.74) is 0. The van der Waals surface area contributed by atoms with E-state index in [0.29, 0.717) is 6.04 Å². The van der Waals surface area contributed by atoms with Gasteiger partial charge in [-0.3, -0.25) is 5.32 Å². The molecule has 2 aliphatic rings. The second-order valence-electron chi connectivity index (χ2n) is 3.03. The van der Waals surface area contributed by atoms with E-state index in [2.05, 4.69) is 23.5 Å². The number of rotatable bonds is 0. The molecule has 53 valence electrons. The average molecular weight is 134 g/mol. The third-order valence-corrected chi connectivity index (χ3v) is 2.32. The predicted molar refractivity (Wildman–Crippen MR) is 41.5 cm³/mol. The second kappa shape index (κ2) is 2.49. The van der Waals surface area contributed by atoms with Gasteiger partial charge in [0.2, 0.25) is 0 Å². The Morgan fingerprint density at radius 1 is 1.30 bits per heavy atom. The van der Waals surface area contributed by atoms with Crippen molar-refractivity contribution in [3.8, 4) is 0 Å². The first-order valence-corrected chi connectivity index (χ1v) is 3.98. The monoisotopic (exact) mass is 134 g/mol. The van der Waals surface area contributed by atoms with Gasteiger partial charge < -0.3 is 0 Å². The zero-order chi connectivity index (χ0) is 6.81. The summed E-state index contributed by atoms with van der Waals surface area (Å²) in [5, 5.41) is 4.38. The maximum Gasteiger partial charge on any atom is 0.0710 e. The molecular formula is C9H12N. The zero-order valence-electron chi connectivity index (χ0n) is 6.03. The average Bonchev–Trinajstić information content (AvgIpc) is 2.05. The molecule has 2 unspecified atom stereocenters. The Kier molecular flexibility index (Phi) is 1.50. The minimum absolute atomic E-state index is 0.513. The Morgan fingerprint density at radius 2 is 2.30 bits per heavy atom. The van der Waals surface area contributed by atoms with Gasteiger partial charge in [0.05, 0.1) is 6.04 Å². The van der Waals surface area contributed by atoms with Gasteiger partial charge in [-0.05, 0) is 25.2 Å². The molecule has 0 N–H and O–H groups in total. The van der Waals surface area contributed by atoms with Crippen LogP contribution in [0.3, 0.4) is 0 Å². The normalized spacial score (nSPS) is 36.8. The highest BCUT2D eigenvalue weighted by Gasteiger charge is 2.22. The van der Waals surface area contributed by atoms with Crippen molar-refractivity contribution in [2.45, 2.75) is 25.3 Å².